The molecule has 0 radical (unpaired) electrons. The molecule has 0 aliphatic heterocycles. The summed E-state index contributed by atoms with van der Waals surface area (Å²) in [5, 5.41) is 3.91. The van der Waals surface area contributed by atoms with E-state index in [1.807, 2.05) is 30.3 Å². The summed E-state index contributed by atoms with van der Waals surface area (Å²) in [6, 6.07) is 7.84. The van der Waals surface area contributed by atoms with Crippen LogP contribution in [0.15, 0.2) is 30.3 Å². The van der Waals surface area contributed by atoms with Crippen LogP contribution in [0.2, 0.25) is 5.02 Å². The molecule has 0 atom stereocenters. The van der Waals surface area contributed by atoms with E-state index in [1.54, 1.807) is 6.08 Å². The molecule has 1 saturated carbocycles. The summed E-state index contributed by atoms with van der Waals surface area (Å²) in [4.78, 5) is 12.2. The minimum absolute atomic E-state index is 0.0158. The third-order valence-electron chi connectivity index (χ3n) is 4.75. The van der Waals surface area contributed by atoms with Crippen molar-refractivity contribution < 1.29 is 4.79 Å². The van der Waals surface area contributed by atoms with E-state index in [-0.39, 0.29) is 5.91 Å². The molecular formula is C21H30ClNO. The van der Waals surface area contributed by atoms with E-state index in [4.69, 9.17) is 11.6 Å². The summed E-state index contributed by atoms with van der Waals surface area (Å²) >= 11 is 5.88. The van der Waals surface area contributed by atoms with E-state index in [0.717, 1.165) is 18.4 Å². The Morgan fingerprint density at radius 3 is 1.92 bits per heavy atom. The van der Waals surface area contributed by atoms with Gasteiger partial charge in [0.25, 0.3) is 0 Å². The second kappa shape index (κ2) is 11.3. The smallest absolute Gasteiger partial charge is 0.244 e. The topological polar surface area (TPSA) is 29.1 Å². The highest BCUT2D eigenvalue weighted by Crippen LogP contribution is 2.17. The van der Waals surface area contributed by atoms with Crippen molar-refractivity contribution in [1.82, 2.24) is 5.32 Å². The largest absolute Gasteiger partial charge is 0.350 e. The molecule has 2 nitrogen and oxygen atoms in total. The summed E-state index contributed by atoms with van der Waals surface area (Å²) in [6.45, 7) is 0. The van der Waals surface area contributed by atoms with Crippen molar-refractivity contribution in [2.45, 2.75) is 76.7 Å². The first-order chi connectivity index (χ1) is 11.7. The fourth-order valence-electron chi connectivity index (χ4n) is 3.30. The monoisotopic (exact) mass is 347 g/mol. The number of hydrogen-bond acceptors (Lipinski definition) is 1. The predicted octanol–water partition coefficient (Wildman–Crippen LogP) is 6.14. The zero-order valence-corrected chi connectivity index (χ0v) is 15.4. The van der Waals surface area contributed by atoms with Gasteiger partial charge >= 0.3 is 0 Å². The molecule has 1 aliphatic carbocycles. The molecule has 0 unspecified atom stereocenters. The molecule has 1 aromatic rings. The normalized spacial score (nSPS) is 18.7. The van der Waals surface area contributed by atoms with E-state index in [2.05, 4.69) is 5.32 Å². The second-order valence-corrected chi connectivity index (χ2v) is 7.29. The van der Waals surface area contributed by atoms with Crippen LogP contribution < -0.4 is 5.32 Å². The third-order valence-corrected chi connectivity index (χ3v) is 5.00. The predicted molar refractivity (Wildman–Crippen MR) is 103 cm³/mol. The molecule has 0 aromatic heterocycles. The van der Waals surface area contributed by atoms with Gasteiger partial charge < -0.3 is 5.32 Å². The maximum atomic E-state index is 12.2. The third kappa shape index (κ3) is 8.01. The molecule has 1 amide bonds. The maximum Gasteiger partial charge on any atom is 0.244 e. The molecule has 0 spiro atoms. The second-order valence-electron chi connectivity index (χ2n) is 6.85. The average Bonchev–Trinajstić information content (AvgIpc) is 2.57. The van der Waals surface area contributed by atoms with Gasteiger partial charge in [0.1, 0.15) is 0 Å². The lowest BCUT2D eigenvalue weighted by Crippen LogP contribution is -2.33. The highest BCUT2D eigenvalue weighted by atomic mass is 35.5. The van der Waals surface area contributed by atoms with Crippen LogP contribution in [-0.4, -0.2) is 11.9 Å². The van der Waals surface area contributed by atoms with Crippen LogP contribution in [0.4, 0.5) is 0 Å². The van der Waals surface area contributed by atoms with Gasteiger partial charge in [-0.05, 0) is 36.6 Å². The van der Waals surface area contributed by atoms with Gasteiger partial charge in [0.15, 0.2) is 0 Å². The van der Waals surface area contributed by atoms with Crippen LogP contribution in [0, 0.1) is 0 Å². The van der Waals surface area contributed by atoms with Crippen LogP contribution in [-0.2, 0) is 4.79 Å². The fraction of sp³-hybridized carbons (Fsp3) is 0.571. The summed E-state index contributed by atoms with van der Waals surface area (Å²) in [5.41, 5.74) is 0.994. The lowest BCUT2D eigenvalue weighted by molar-refractivity contribution is -0.117. The molecule has 0 saturated heterocycles. The molecule has 24 heavy (non-hydrogen) atoms. The summed E-state index contributed by atoms with van der Waals surface area (Å²) in [5.74, 6) is 0.0158. The minimum Gasteiger partial charge on any atom is -0.350 e. The van der Waals surface area contributed by atoms with Crippen LogP contribution in [0.3, 0.4) is 0 Å². The minimum atomic E-state index is 0.0158. The van der Waals surface area contributed by atoms with Gasteiger partial charge in [-0.2, -0.15) is 0 Å². The SMILES string of the molecule is O=C(C=Cc1ccc(Cl)cc1)NC1CCCCCCCCCCC1. The Morgan fingerprint density at radius 1 is 0.875 bits per heavy atom. The lowest BCUT2D eigenvalue weighted by atomic mass is 9.98. The Morgan fingerprint density at radius 2 is 1.38 bits per heavy atom. The Bertz CT molecular complexity index is 497. The molecule has 0 heterocycles. The highest BCUT2D eigenvalue weighted by molar-refractivity contribution is 6.30. The van der Waals surface area contributed by atoms with Crippen molar-refractivity contribution in [3.8, 4) is 0 Å². The van der Waals surface area contributed by atoms with Crippen LogP contribution in [0.25, 0.3) is 6.08 Å². The van der Waals surface area contributed by atoms with Gasteiger partial charge in [0, 0.05) is 17.1 Å². The van der Waals surface area contributed by atoms with Crippen molar-refractivity contribution >= 4 is 23.6 Å². The van der Waals surface area contributed by atoms with Crippen LogP contribution in [0.1, 0.15) is 76.2 Å². The first-order valence-electron chi connectivity index (χ1n) is 9.48. The Hall–Kier alpha value is -1.28. The molecule has 1 aliphatic rings. The molecule has 0 bridgehead atoms. The number of halogens is 1. The number of nitrogens with one attached hydrogen (secondary N) is 1. The van der Waals surface area contributed by atoms with E-state index in [9.17, 15) is 4.79 Å². The number of amides is 1. The standard InChI is InChI=1S/C21H30ClNO/c22-19-15-12-18(13-16-19)14-17-21(24)23-20-10-8-6-4-2-1-3-5-7-9-11-20/h12-17,20H,1-11H2,(H,23,24). The van der Waals surface area contributed by atoms with Crippen molar-refractivity contribution in [1.29, 1.82) is 0 Å². The zero-order valence-electron chi connectivity index (χ0n) is 14.6. The van der Waals surface area contributed by atoms with Crippen molar-refractivity contribution in [3.05, 3.63) is 40.9 Å². The molecule has 1 N–H and O–H groups in total. The molecule has 1 aromatic carbocycles. The number of rotatable bonds is 3. The number of hydrogen-bond donors (Lipinski definition) is 1. The molecule has 2 rings (SSSR count). The summed E-state index contributed by atoms with van der Waals surface area (Å²) < 4.78 is 0. The van der Waals surface area contributed by atoms with Crippen LogP contribution in [0.5, 0.6) is 0 Å². The van der Waals surface area contributed by atoms with E-state index >= 15 is 0 Å². The van der Waals surface area contributed by atoms with Gasteiger partial charge in [0.05, 0.1) is 0 Å². The Balaban J connectivity index is 1.81. The van der Waals surface area contributed by atoms with E-state index in [1.165, 1.54) is 57.8 Å². The van der Waals surface area contributed by atoms with E-state index < -0.39 is 0 Å². The first kappa shape index (κ1) is 19.1. The highest BCUT2D eigenvalue weighted by Gasteiger charge is 2.11. The van der Waals surface area contributed by atoms with Gasteiger partial charge in [-0.15, -0.1) is 0 Å². The van der Waals surface area contributed by atoms with Gasteiger partial charge in [-0.1, -0.05) is 81.5 Å². The number of carbonyl (C=O) groups is 1. The Kier molecular flexibility index (Phi) is 8.97. The lowest BCUT2D eigenvalue weighted by Gasteiger charge is -2.18. The van der Waals surface area contributed by atoms with Crippen molar-refractivity contribution in [2.24, 2.45) is 0 Å². The maximum absolute atomic E-state index is 12.2. The zero-order chi connectivity index (χ0) is 17.0. The molecule has 1 fully saturated rings. The van der Waals surface area contributed by atoms with Gasteiger partial charge in [-0.25, -0.2) is 0 Å². The molecule has 3 heteroatoms. The first-order valence-corrected chi connectivity index (χ1v) is 9.86. The number of benzene rings is 1. The van der Waals surface area contributed by atoms with Crippen molar-refractivity contribution in [2.75, 3.05) is 0 Å². The molecular weight excluding hydrogens is 318 g/mol. The molecule has 132 valence electrons. The van der Waals surface area contributed by atoms with E-state index in [0.29, 0.717) is 11.1 Å². The van der Waals surface area contributed by atoms with Crippen LogP contribution >= 0.6 is 11.6 Å². The number of carbonyl (C=O) groups excluding carboxylic acids is 1. The Labute approximate surface area is 151 Å². The van der Waals surface area contributed by atoms with Gasteiger partial charge in [0.2, 0.25) is 5.91 Å². The summed E-state index contributed by atoms with van der Waals surface area (Å²) in [7, 11) is 0. The average molecular weight is 348 g/mol. The quantitative estimate of drug-likeness (QED) is 0.653. The van der Waals surface area contributed by atoms with Gasteiger partial charge in [-0.3, -0.25) is 4.79 Å². The summed E-state index contributed by atoms with van der Waals surface area (Å²) in [6.07, 6.45) is 17.6. The fourth-order valence-corrected chi connectivity index (χ4v) is 3.43. The van der Waals surface area contributed by atoms with Crippen molar-refractivity contribution in [3.63, 3.8) is 0 Å².